The van der Waals surface area contributed by atoms with Crippen molar-refractivity contribution < 1.29 is 14.7 Å². The molecule has 1 heterocycles. The predicted octanol–water partition coefficient (Wildman–Crippen LogP) is 2.74. The van der Waals surface area contributed by atoms with Gasteiger partial charge < -0.3 is 10.0 Å². The van der Waals surface area contributed by atoms with Gasteiger partial charge >= 0.3 is 5.97 Å². The number of hydrogen-bond donors (Lipinski definition) is 1. The van der Waals surface area contributed by atoms with Gasteiger partial charge in [-0.1, -0.05) is 28.1 Å². The number of amides is 1. The Balaban J connectivity index is 1.72. The molecule has 1 aliphatic carbocycles. The van der Waals surface area contributed by atoms with Crippen LogP contribution >= 0.6 is 15.9 Å². The van der Waals surface area contributed by atoms with Crippen LogP contribution in [0.2, 0.25) is 0 Å². The van der Waals surface area contributed by atoms with E-state index in [4.69, 9.17) is 5.11 Å². The fourth-order valence-corrected chi connectivity index (χ4v) is 3.03. The van der Waals surface area contributed by atoms with Gasteiger partial charge in [0.2, 0.25) is 0 Å². The lowest BCUT2D eigenvalue weighted by Crippen LogP contribution is -2.35. The lowest BCUT2D eigenvalue weighted by atomic mass is 9.95. The summed E-state index contributed by atoms with van der Waals surface area (Å²) in [5.74, 6) is -1.43. The summed E-state index contributed by atoms with van der Waals surface area (Å²) >= 11 is 3.43. The second-order valence-electron chi connectivity index (χ2n) is 6.04. The third-order valence-electron chi connectivity index (χ3n) is 4.29. The zero-order chi connectivity index (χ0) is 17.3. The molecule has 0 radical (unpaired) electrons. The van der Waals surface area contributed by atoms with Crippen LogP contribution in [-0.2, 0) is 5.41 Å². The number of likely N-dealkylation sites (N-methyl/N-ethyl adjacent to an activating group) is 1. The first-order valence-electron chi connectivity index (χ1n) is 7.48. The van der Waals surface area contributed by atoms with Crippen molar-refractivity contribution in [3.8, 4) is 0 Å². The molecule has 0 saturated heterocycles. The second-order valence-corrected chi connectivity index (χ2v) is 6.96. The van der Waals surface area contributed by atoms with Crippen molar-refractivity contribution in [3.05, 3.63) is 58.1 Å². The average molecular weight is 390 g/mol. The number of aromatic nitrogens is 2. The van der Waals surface area contributed by atoms with E-state index in [0.717, 1.165) is 23.5 Å². The van der Waals surface area contributed by atoms with E-state index < -0.39 is 5.97 Å². The van der Waals surface area contributed by atoms with Crippen LogP contribution in [0.3, 0.4) is 0 Å². The molecule has 1 aromatic carbocycles. The molecule has 1 fully saturated rings. The van der Waals surface area contributed by atoms with Crippen molar-refractivity contribution in [2.24, 2.45) is 0 Å². The summed E-state index contributed by atoms with van der Waals surface area (Å²) in [6.45, 7) is 0.593. The highest BCUT2D eigenvalue weighted by atomic mass is 79.9. The molecule has 3 rings (SSSR count). The molecule has 1 amide bonds. The molecule has 1 N–H and O–H groups in total. The normalized spacial score (nSPS) is 14.9. The number of carbonyl (C=O) groups is 2. The first-order chi connectivity index (χ1) is 11.4. The zero-order valence-electron chi connectivity index (χ0n) is 13.1. The Morgan fingerprint density at radius 3 is 2.25 bits per heavy atom. The smallest absolute Gasteiger partial charge is 0.356 e. The summed E-state index contributed by atoms with van der Waals surface area (Å²) in [6.07, 6.45) is 4.39. The van der Waals surface area contributed by atoms with E-state index in [1.165, 1.54) is 11.8 Å². The molecule has 7 heteroatoms. The Hall–Kier alpha value is -2.28. The number of nitrogens with zero attached hydrogens (tertiary/aromatic N) is 3. The van der Waals surface area contributed by atoms with Gasteiger partial charge in [0.15, 0.2) is 5.69 Å². The van der Waals surface area contributed by atoms with E-state index in [0.29, 0.717) is 6.54 Å². The van der Waals surface area contributed by atoms with Gasteiger partial charge in [0.05, 0.1) is 12.4 Å². The number of rotatable bonds is 5. The number of halogens is 1. The predicted molar refractivity (Wildman–Crippen MR) is 91.0 cm³/mol. The molecule has 1 aliphatic rings. The van der Waals surface area contributed by atoms with Crippen molar-refractivity contribution in [2.45, 2.75) is 18.3 Å². The highest BCUT2D eigenvalue weighted by Crippen LogP contribution is 2.48. The number of carbonyl (C=O) groups excluding carboxylic acids is 1. The molecule has 0 aliphatic heterocycles. The van der Waals surface area contributed by atoms with Crippen molar-refractivity contribution in [2.75, 3.05) is 13.6 Å². The molecular weight excluding hydrogens is 374 g/mol. The molecule has 24 heavy (non-hydrogen) atoms. The minimum absolute atomic E-state index is 0.000453. The van der Waals surface area contributed by atoms with Crippen LogP contribution in [0.15, 0.2) is 41.1 Å². The van der Waals surface area contributed by atoms with Crippen molar-refractivity contribution in [1.29, 1.82) is 0 Å². The van der Waals surface area contributed by atoms with Crippen LogP contribution in [0.25, 0.3) is 0 Å². The number of carboxylic acid groups (broad SMARTS) is 1. The number of carboxylic acids is 1. The SMILES string of the molecule is CN(CC1(c2ccc(Br)cc2)CC1)C(=O)c1cnc(C(=O)O)cn1. The largest absolute Gasteiger partial charge is 0.476 e. The maximum Gasteiger partial charge on any atom is 0.356 e. The Labute approximate surface area is 147 Å². The summed E-state index contributed by atoms with van der Waals surface area (Å²) in [6, 6.07) is 8.17. The molecule has 6 nitrogen and oxygen atoms in total. The highest BCUT2D eigenvalue weighted by molar-refractivity contribution is 9.10. The van der Waals surface area contributed by atoms with Crippen molar-refractivity contribution >= 4 is 27.8 Å². The highest BCUT2D eigenvalue weighted by Gasteiger charge is 2.45. The summed E-state index contributed by atoms with van der Waals surface area (Å²) in [4.78, 5) is 32.6. The first-order valence-corrected chi connectivity index (χ1v) is 8.27. The van der Waals surface area contributed by atoms with E-state index in [9.17, 15) is 9.59 Å². The average Bonchev–Trinajstić information content (AvgIpc) is 3.35. The van der Waals surface area contributed by atoms with Crippen LogP contribution in [0.4, 0.5) is 0 Å². The zero-order valence-corrected chi connectivity index (χ0v) is 14.7. The van der Waals surface area contributed by atoms with Gasteiger partial charge in [-0.25, -0.2) is 14.8 Å². The monoisotopic (exact) mass is 389 g/mol. The first kappa shape index (κ1) is 16.6. The topological polar surface area (TPSA) is 83.4 Å². The van der Waals surface area contributed by atoms with Gasteiger partial charge in [0, 0.05) is 23.5 Å². The van der Waals surface area contributed by atoms with E-state index in [2.05, 4.69) is 38.0 Å². The van der Waals surface area contributed by atoms with Gasteiger partial charge in [-0.2, -0.15) is 0 Å². The second kappa shape index (κ2) is 6.32. The Morgan fingerprint density at radius 2 is 1.75 bits per heavy atom. The minimum Gasteiger partial charge on any atom is -0.476 e. The molecule has 2 aromatic rings. The van der Waals surface area contributed by atoms with Gasteiger partial charge in [0.1, 0.15) is 5.69 Å². The van der Waals surface area contributed by atoms with Crippen molar-refractivity contribution in [3.63, 3.8) is 0 Å². The van der Waals surface area contributed by atoms with E-state index >= 15 is 0 Å². The van der Waals surface area contributed by atoms with Crippen molar-refractivity contribution in [1.82, 2.24) is 14.9 Å². The summed E-state index contributed by atoms with van der Waals surface area (Å²) in [5.41, 5.74) is 1.19. The van der Waals surface area contributed by atoms with E-state index in [-0.39, 0.29) is 22.7 Å². The lowest BCUT2D eigenvalue weighted by Gasteiger charge is -2.24. The van der Waals surface area contributed by atoms with E-state index in [1.54, 1.807) is 11.9 Å². The molecule has 124 valence electrons. The Bertz CT molecular complexity index is 771. The molecule has 0 unspecified atom stereocenters. The van der Waals surface area contributed by atoms with Gasteiger partial charge in [-0.3, -0.25) is 4.79 Å². The molecule has 0 atom stereocenters. The van der Waals surface area contributed by atoms with Crippen LogP contribution in [0, 0.1) is 0 Å². The van der Waals surface area contributed by atoms with E-state index in [1.807, 2.05) is 12.1 Å². The number of aromatic carboxylic acids is 1. The summed E-state index contributed by atoms with van der Waals surface area (Å²) < 4.78 is 1.03. The quantitative estimate of drug-likeness (QED) is 0.849. The fourth-order valence-electron chi connectivity index (χ4n) is 2.76. The molecule has 1 aromatic heterocycles. The van der Waals surface area contributed by atoms with Crippen LogP contribution in [-0.4, -0.2) is 45.4 Å². The van der Waals surface area contributed by atoms with Crippen LogP contribution in [0.1, 0.15) is 39.4 Å². The third-order valence-corrected chi connectivity index (χ3v) is 4.82. The summed E-state index contributed by atoms with van der Waals surface area (Å²) in [5, 5.41) is 8.83. The van der Waals surface area contributed by atoms with Gasteiger partial charge in [-0.05, 0) is 30.5 Å². The van der Waals surface area contributed by atoms with Gasteiger partial charge in [-0.15, -0.1) is 0 Å². The molecule has 0 spiro atoms. The Kier molecular flexibility index (Phi) is 4.36. The van der Waals surface area contributed by atoms with Crippen LogP contribution < -0.4 is 0 Å². The maximum atomic E-state index is 12.5. The Morgan fingerprint density at radius 1 is 1.17 bits per heavy atom. The summed E-state index contributed by atoms with van der Waals surface area (Å²) in [7, 11) is 1.73. The number of benzene rings is 1. The van der Waals surface area contributed by atoms with Crippen LogP contribution in [0.5, 0.6) is 0 Å². The van der Waals surface area contributed by atoms with Gasteiger partial charge in [0.25, 0.3) is 5.91 Å². The maximum absolute atomic E-state index is 12.5. The standard InChI is InChI=1S/C17H16BrN3O3/c1-21(15(22)13-8-20-14(9-19-13)16(23)24)10-17(6-7-17)11-2-4-12(18)5-3-11/h2-5,8-9H,6-7,10H2,1H3,(H,23,24). The molecule has 1 saturated carbocycles. The molecule has 0 bridgehead atoms. The minimum atomic E-state index is -1.16. The third kappa shape index (κ3) is 3.31. The number of hydrogen-bond acceptors (Lipinski definition) is 4. The molecular formula is C17H16BrN3O3. The lowest BCUT2D eigenvalue weighted by molar-refractivity contribution is 0.0687. The fraction of sp³-hybridized carbons (Fsp3) is 0.294.